The summed E-state index contributed by atoms with van der Waals surface area (Å²) in [6, 6.07) is -1.03. The number of hydrogen-bond donors (Lipinski definition) is 5. The smallest absolute Gasteiger partial charge is 0.143 e. The summed E-state index contributed by atoms with van der Waals surface area (Å²) in [5.74, 6) is -0.0114. The van der Waals surface area contributed by atoms with Crippen LogP contribution in [-0.4, -0.2) is 69.7 Å². The minimum Gasteiger partial charge on any atom is -0.377 e. The Morgan fingerprint density at radius 1 is 1.29 bits per heavy atom. The normalized spacial score (nSPS) is 49.3. The molecule has 8 heteroatoms. The molecule has 1 saturated carbocycles. The van der Waals surface area contributed by atoms with Crippen molar-refractivity contribution in [3.63, 3.8) is 0 Å². The van der Waals surface area contributed by atoms with Crippen molar-refractivity contribution in [1.82, 2.24) is 26.6 Å². The third-order valence-electron chi connectivity index (χ3n) is 6.77. The maximum absolute atomic E-state index is 15.9. The van der Waals surface area contributed by atoms with Crippen LogP contribution in [0.2, 0.25) is 0 Å². The first-order valence-corrected chi connectivity index (χ1v) is 10.6. The molecule has 3 aliphatic heterocycles. The lowest BCUT2D eigenvalue weighted by molar-refractivity contribution is -0.0282. The van der Waals surface area contributed by atoms with Crippen LogP contribution < -0.4 is 26.6 Å². The third-order valence-corrected chi connectivity index (χ3v) is 6.77. The van der Waals surface area contributed by atoms with Gasteiger partial charge in [-0.05, 0) is 52.0 Å². The van der Waals surface area contributed by atoms with E-state index in [-0.39, 0.29) is 17.9 Å². The number of halogens is 2. The Morgan fingerprint density at radius 3 is 3.04 bits per heavy atom. The minimum absolute atomic E-state index is 0.0937. The average molecular weight is 403 g/mol. The molecule has 6 nitrogen and oxygen atoms in total. The van der Waals surface area contributed by atoms with Crippen molar-refractivity contribution >= 4 is 0 Å². The molecule has 0 bridgehead atoms. The van der Waals surface area contributed by atoms with Gasteiger partial charge in [-0.2, -0.15) is 0 Å². The van der Waals surface area contributed by atoms with Crippen LogP contribution in [0.3, 0.4) is 0 Å². The van der Waals surface area contributed by atoms with E-state index in [1.54, 1.807) is 6.92 Å². The van der Waals surface area contributed by atoms with Crippen LogP contribution in [0.1, 0.15) is 36.7 Å². The maximum atomic E-state index is 15.9. The molecule has 160 valence electrons. The van der Waals surface area contributed by atoms with Crippen molar-refractivity contribution in [1.29, 1.82) is 0 Å². The summed E-state index contributed by atoms with van der Waals surface area (Å²) in [7, 11) is 0. The molecule has 2 saturated heterocycles. The Bertz CT molecular complexity index is 655. The van der Waals surface area contributed by atoms with Crippen molar-refractivity contribution in [2.45, 2.75) is 75.6 Å². The molecule has 9 unspecified atom stereocenters. The molecule has 3 heterocycles. The highest BCUT2D eigenvalue weighted by molar-refractivity contribution is 5.18. The lowest BCUT2D eigenvalue weighted by atomic mass is 9.71. The largest absolute Gasteiger partial charge is 0.377 e. The van der Waals surface area contributed by atoms with E-state index in [2.05, 4.69) is 32.7 Å². The molecule has 9 atom stereocenters. The van der Waals surface area contributed by atoms with Crippen molar-refractivity contribution < 1.29 is 17.6 Å². The molecule has 4 aliphatic rings. The van der Waals surface area contributed by atoms with Gasteiger partial charge in [0.25, 0.3) is 0 Å². The van der Waals surface area contributed by atoms with Crippen LogP contribution in [0.25, 0.3) is 0 Å². The van der Waals surface area contributed by atoms with Crippen LogP contribution in [0, 0.1) is 11.8 Å². The van der Waals surface area contributed by atoms with Crippen molar-refractivity contribution in [2.24, 2.45) is 11.8 Å². The third kappa shape index (κ3) is 4.13. The number of alkyl halides is 2. The van der Waals surface area contributed by atoms with Crippen LogP contribution >= 0.6 is 0 Å². The highest BCUT2D eigenvalue weighted by atomic mass is 19.1. The van der Waals surface area contributed by atoms with E-state index >= 15 is 4.39 Å². The van der Waals surface area contributed by atoms with Crippen LogP contribution in [-0.2, 0) is 4.74 Å². The second-order valence-corrected chi connectivity index (χ2v) is 8.57. The molecule has 1 aliphatic carbocycles. The van der Waals surface area contributed by atoms with E-state index in [0.29, 0.717) is 13.0 Å². The lowest BCUT2D eigenvalue weighted by Gasteiger charge is -2.45. The predicted molar refractivity (Wildman–Crippen MR) is 105 cm³/mol. The van der Waals surface area contributed by atoms with E-state index in [1.807, 2.05) is 0 Å². The zero-order valence-electron chi connectivity index (χ0n) is 19.4. The van der Waals surface area contributed by atoms with Gasteiger partial charge in [-0.3, -0.25) is 16.0 Å². The quantitative estimate of drug-likeness (QED) is 0.448. The molecular weight excluding hydrogens is 364 g/mol. The van der Waals surface area contributed by atoms with E-state index in [1.165, 1.54) is 0 Å². The molecule has 0 aromatic carbocycles. The fraction of sp³-hybridized carbons (Fsp3) is 0.900. The van der Waals surface area contributed by atoms with Crippen LogP contribution in [0.4, 0.5) is 8.78 Å². The first-order chi connectivity index (χ1) is 14.7. The Morgan fingerprint density at radius 2 is 2.18 bits per heavy atom. The van der Waals surface area contributed by atoms with Crippen molar-refractivity contribution in [2.75, 3.05) is 26.7 Å². The first kappa shape index (κ1) is 17.1. The minimum atomic E-state index is -2.48. The molecule has 0 aromatic heterocycles. The van der Waals surface area contributed by atoms with Gasteiger partial charge in [0.1, 0.15) is 18.6 Å². The summed E-state index contributed by atoms with van der Waals surface area (Å²) in [6.45, 7) is 1.52. The molecule has 4 rings (SSSR count). The zero-order valence-corrected chi connectivity index (χ0v) is 16.4. The van der Waals surface area contributed by atoms with Crippen molar-refractivity contribution in [3.05, 3.63) is 11.6 Å². The Balaban J connectivity index is 1.47. The van der Waals surface area contributed by atoms with Gasteiger partial charge < -0.3 is 15.4 Å². The van der Waals surface area contributed by atoms with Crippen LogP contribution in [0.15, 0.2) is 11.6 Å². The monoisotopic (exact) mass is 402 g/mol. The summed E-state index contributed by atoms with van der Waals surface area (Å²) in [5.41, 5.74) is 1.13. The molecule has 5 N–H and O–H groups in total. The second kappa shape index (κ2) is 9.02. The van der Waals surface area contributed by atoms with Gasteiger partial charge in [0.15, 0.2) is 0 Å². The van der Waals surface area contributed by atoms with Gasteiger partial charge in [-0.1, -0.05) is 11.6 Å². The fourth-order valence-electron chi connectivity index (χ4n) is 5.29. The summed E-state index contributed by atoms with van der Waals surface area (Å²) in [5, 5.41) is 14.9. The van der Waals surface area contributed by atoms with Gasteiger partial charge >= 0.3 is 0 Å². The molecule has 0 amide bonds. The number of rotatable bonds is 4. The van der Waals surface area contributed by atoms with Gasteiger partial charge in [0.2, 0.25) is 0 Å². The summed E-state index contributed by atoms with van der Waals surface area (Å²) < 4.78 is 58.7. The Kier molecular flexibility index (Phi) is 5.50. The van der Waals surface area contributed by atoms with E-state index < -0.39 is 43.9 Å². The van der Waals surface area contributed by atoms with Gasteiger partial charge in [-0.25, -0.2) is 8.78 Å². The number of fused-ring (bicyclic) bond motifs is 1. The summed E-state index contributed by atoms with van der Waals surface area (Å²) in [6.07, 6.45) is 1.18. The molecule has 0 spiro atoms. The summed E-state index contributed by atoms with van der Waals surface area (Å²) in [4.78, 5) is 0. The lowest BCUT2D eigenvalue weighted by Crippen LogP contribution is -2.73. The topological polar surface area (TPSA) is 69.4 Å². The molecule has 0 aromatic rings. The van der Waals surface area contributed by atoms with Gasteiger partial charge in [0.05, 0.1) is 12.3 Å². The standard InChI is InChI=1S/C20H35F2N5O/c1-11-16(21)19(23-2)27-20(25-11)26-14-10-13-6-9-28-18(13)15(17(14)22)12-4-3-7-24-8-5-12/h5,11,13-20,23-27H,3-4,6-10H2,1-2H3/i2D3. The SMILES string of the molecule is [2H]C([2H])([2H])NC1NC(NC2CC3CCOC3C(C3=CCNCCC3)C2F)NC(C)C1F. The highest BCUT2D eigenvalue weighted by Crippen LogP contribution is 2.44. The second-order valence-electron chi connectivity index (χ2n) is 8.57. The number of hydrogen-bond acceptors (Lipinski definition) is 6. The Hall–Kier alpha value is -0.640. The van der Waals surface area contributed by atoms with Gasteiger partial charge in [-0.15, -0.1) is 0 Å². The molecule has 0 radical (unpaired) electrons. The highest BCUT2D eigenvalue weighted by Gasteiger charge is 2.50. The number of ether oxygens (including phenoxy) is 1. The number of nitrogens with one attached hydrogen (secondary N) is 5. The fourth-order valence-corrected chi connectivity index (χ4v) is 5.29. The van der Waals surface area contributed by atoms with Crippen molar-refractivity contribution in [3.8, 4) is 0 Å². The molecule has 28 heavy (non-hydrogen) atoms. The first-order valence-electron chi connectivity index (χ1n) is 12.1. The average Bonchev–Trinajstić information content (AvgIpc) is 2.98. The molecular formula is C20H35F2N5O. The van der Waals surface area contributed by atoms with E-state index in [4.69, 9.17) is 8.85 Å². The zero-order chi connectivity index (χ0) is 22.2. The predicted octanol–water partition coefficient (Wildman–Crippen LogP) is 0.766. The van der Waals surface area contributed by atoms with Crippen LogP contribution in [0.5, 0.6) is 0 Å². The molecule has 3 fully saturated rings. The van der Waals surface area contributed by atoms with E-state index in [9.17, 15) is 4.39 Å². The van der Waals surface area contributed by atoms with Gasteiger partial charge in [0, 0.05) is 35.3 Å². The van der Waals surface area contributed by atoms with E-state index in [0.717, 1.165) is 37.9 Å². The Labute approximate surface area is 170 Å². The maximum Gasteiger partial charge on any atom is 0.143 e. The summed E-state index contributed by atoms with van der Waals surface area (Å²) >= 11 is 0.